The van der Waals surface area contributed by atoms with Crippen LogP contribution in [0.15, 0.2) is 42.5 Å². The third kappa shape index (κ3) is 5.25. The molecule has 0 saturated heterocycles. The lowest BCUT2D eigenvalue weighted by molar-refractivity contribution is -0.136. The fourth-order valence-corrected chi connectivity index (χ4v) is 2.74. The standard InChI is InChI=1S/C22H27NO5/c1-5-27-18-12-9-16(14-19(18)28-6-2)22(3,4)21(26)23-17-10-7-15(8-11-17)13-20(24)25/h7-12,14H,5-6,13H2,1-4H3,(H,23,26)(H,24,25). The minimum absolute atomic E-state index is 0.0495. The summed E-state index contributed by atoms with van der Waals surface area (Å²) in [5.41, 5.74) is 1.29. The number of ether oxygens (including phenoxy) is 2. The molecule has 0 spiro atoms. The number of carboxylic acids is 1. The Morgan fingerprint density at radius 2 is 1.57 bits per heavy atom. The van der Waals surface area contributed by atoms with E-state index >= 15 is 0 Å². The van der Waals surface area contributed by atoms with Gasteiger partial charge in [0, 0.05) is 5.69 Å². The summed E-state index contributed by atoms with van der Waals surface area (Å²) < 4.78 is 11.2. The lowest BCUT2D eigenvalue weighted by Crippen LogP contribution is -2.34. The monoisotopic (exact) mass is 385 g/mol. The highest BCUT2D eigenvalue weighted by atomic mass is 16.5. The van der Waals surface area contributed by atoms with Crippen LogP contribution in [0.1, 0.15) is 38.8 Å². The summed E-state index contributed by atoms with van der Waals surface area (Å²) in [5.74, 6) is 0.197. The predicted octanol–water partition coefficient (Wildman–Crippen LogP) is 4.03. The van der Waals surface area contributed by atoms with Crippen molar-refractivity contribution in [3.63, 3.8) is 0 Å². The lowest BCUT2D eigenvalue weighted by Gasteiger charge is -2.25. The van der Waals surface area contributed by atoms with E-state index in [1.54, 1.807) is 24.3 Å². The first-order chi connectivity index (χ1) is 13.3. The SMILES string of the molecule is CCOc1ccc(C(C)(C)C(=O)Nc2ccc(CC(=O)O)cc2)cc1OCC. The van der Waals surface area contributed by atoms with Crippen LogP contribution in [0.2, 0.25) is 0 Å². The highest BCUT2D eigenvalue weighted by Gasteiger charge is 2.31. The summed E-state index contributed by atoms with van der Waals surface area (Å²) in [5, 5.41) is 11.7. The zero-order valence-electron chi connectivity index (χ0n) is 16.7. The summed E-state index contributed by atoms with van der Waals surface area (Å²) in [6, 6.07) is 12.3. The van der Waals surface area contributed by atoms with Gasteiger partial charge in [0.1, 0.15) is 0 Å². The van der Waals surface area contributed by atoms with E-state index in [0.717, 1.165) is 5.56 Å². The maximum absolute atomic E-state index is 12.9. The van der Waals surface area contributed by atoms with Gasteiger partial charge in [-0.1, -0.05) is 18.2 Å². The topological polar surface area (TPSA) is 84.9 Å². The average Bonchev–Trinajstić information content (AvgIpc) is 2.64. The van der Waals surface area contributed by atoms with E-state index in [0.29, 0.717) is 36.0 Å². The Balaban J connectivity index is 2.19. The second-order valence-electron chi connectivity index (χ2n) is 6.87. The van der Waals surface area contributed by atoms with Crippen LogP contribution in [-0.2, 0) is 21.4 Å². The van der Waals surface area contributed by atoms with Gasteiger partial charge in [0.2, 0.25) is 5.91 Å². The van der Waals surface area contributed by atoms with Crippen LogP contribution >= 0.6 is 0 Å². The molecule has 0 aliphatic carbocycles. The molecule has 0 heterocycles. The number of rotatable bonds is 9. The van der Waals surface area contributed by atoms with Crippen molar-refractivity contribution in [3.8, 4) is 11.5 Å². The zero-order valence-corrected chi connectivity index (χ0v) is 16.7. The molecular weight excluding hydrogens is 358 g/mol. The number of benzene rings is 2. The molecular formula is C22H27NO5. The summed E-state index contributed by atoms with van der Waals surface area (Å²) in [6.07, 6.45) is -0.0495. The Hall–Kier alpha value is -3.02. The summed E-state index contributed by atoms with van der Waals surface area (Å²) in [7, 11) is 0. The van der Waals surface area contributed by atoms with Crippen molar-refractivity contribution < 1.29 is 24.2 Å². The Kier molecular flexibility index (Phi) is 7.04. The van der Waals surface area contributed by atoms with Crippen LogP contribution in [0.5, 0.6) is 11.5 Å². The molecule has 0 aromatic heterocycles. The second-order valence-corrected chi connectivity index (χ2v) is 6.87. The van der Waals surface area contributed by atoms with Gasteiger partial charge in [-0.2, -0.15) is 0 Å². The molecule has 1 amide bonds. The third-order valence-corrected chi connectivity index (χ3v) is 4.40. The van der Waals surface area contributed by atoms with E-state index in [9.17, 15) is 9.59 Å². The molecule has 0 atom stereocenters. The number of hydrogen-bond donors (Lipinski definition) is 2. The van der Waals surface area contributed by atoms with Gasteiger partial charge in [-0.25, -0.2) is 0 Å². The fourth-order valence-electron chi connectivity index (χ4n) is 2.74. The molecule has 0 aliphatic heterocycles. The first-order valence-electron chi connectivity index (χ1n) is 9.30. The maximum Gasteiger partial charge on any atom is 0.307 e. The van der Waals surface area contributed by atoms with E-state index < -0.39 is 11.4 Å². The number of carbonyl (C=O) groups excluding carboxylic acids is 1. The number of carboxylic acid groups (broad SMARTS) is 1. The highest BCUT2D eigenvalue weighted by Crippen LogP contribution is 2.34. The first kappa shape index (κ1) is 21.3. The summed E-state index contributed by atoms with van der Waals surface area (Å²) in [6.45, 7) is 8.51. The maximum atomic E-state index is 12.9. The van der Waals surface area contributed by atoms with E-state index in [2.05, 4.69) is 5.32 Å². The van der Waals surface area contributed by atoms with Gasteiger partial charge >= 0.3 is 5.97 Å². The molecule has 2 aromatic rings. The Morgan fingerprint density at radius 1 is 0.964 bits per heavy atom. The number of carbonyl (C=O) groups is 2. The van der Waals surface area contributed by atoms with E-state index in [1.165, 1.54) is 0 Å². The molecule has 2 aromatic carbocycles. The van der Waals surface area contributed by atoms with Gasteiger partial charge in [0.05, 0.1) is 25.0 Å². The van der Waals surface area contributed by atoms with Crippen LogP contribution in [0.3, 0.4) is 0 Å². The Labute approximate surface area is 165 Å². The molecule has 150 valence electrons. The third-order valence-electron chi connectivity index (χ3n) is 4.40. The lowest BCUT2D eigenvalue weighted by atomic mass is 9.83. The van der Waals surface area contributed by atoms with Crippen molar-refractivity contribution in [2.24, 2.45) is 0 Å². The van der Waals surface area contributed by atoms with Gasteiger partial charge in [-0.05, 0) is 63.1 Å². The summed E-state index contributed by atoms with van der Waals surface area (Å²) in [4.78, 5) is 23.7. The van der Waals surface area contributed by atoms with Crippen LogP contribution in [0.25, 0.3) is 0 Å². The number of amides is 1. The number of nitrogens with one attached hydrogen (secondary N) is 1. The number of hydrogen-bond acceptors (Lipinski definition) is 4. The van der Waals surface area contributed by atoms with Crippen LogP contribution < -0.4 is 14.8 Å². The van der Waals surface area contributed by atoms with Crippen LogP contribution in [0, 0.1) is 0 Å². The minimum atomic E-state index is -0.890. The highest BCUT2D eigenvalue weighted by molar-refractivity contribution is 5.98. The molecule has 0 aliphatic rings. The molecule has 6 nitrogen and oxygen atoms in total. The first-order valence-corrected chi connectivity index (χ1v) is 9.30. The normalized spacial score (nSPS) is 11.0. The number of anilines is 1. The van der Waals surface area contributed by atoms with E-state index in [1.807, 2.05) is 45.9 Å². The van der Waals surface area contributed by atoms with Crippen molar-refractivity contribution in [3.05, 3.63) is 53.6 Å². The quantitative estimate of drug-likeness (QED) is 0.681. The Morgan fingerprint density at radius 3 is 2.14 bits per heavy atom. The van der Waals surface area contributed by atoms with Crippen molar-refractivity contribution in [2.45, 2.75) is 39.5 Å². The molecule has 28 heavy (non-hydrogen) atoms. The van der Waals surface area contributed by atoms with Gasteiger partial charge < -0.3 is 19.9 Å². The molecule has 0 unspecified atom stereocenters. The van der Waals surface area contributed by atoms with E-state index in [4.69, 9.17) is 14.6 Å². The van der Waals surface area contributed by atoms with Crippen molar-refractivity contribution in [1.82, 2.24) is 0 Å². The van der Waals surface area contributed by atoms with Crippen molar-refractivity contribution in [2.75, 3.05) is 18.5 Å². The van der Waals surface area contributed by atoms with E-state index in [-0.39, 0.29) is 12.3 Å². The minimum Gasteiger partial charge on any atom is -0.490 e. The molecule has 0 fully saturated rings. The molecule has 0 radical (unpaired) electrons. The fraction of sp³-hybridized carbons (Fsp3) is 0.364. The zero-order chi connectivity index (χ0) is 20.7. The largest absolute Gasteiger partial charge is 0.490 e. The van der Waals surface area contributed by atoms with Gasteiger partial charge in [-0.3, -0.25) is 9.59 Å². The molecule has 2 N–H and O–H groups in total. The van der Waals surface area contributed by atoms with Crippen molar-refractivity contribution in [1.29, 1.82) is 0 Å². The summed E-state index contributed by atoms with van der Waals surface area (Å²) >= 11 is 0. The predicted molar refractivity (Wildman–Crippen MR) is 108 cm³/mol. The molecule has 6 heteroatoms. The second kappa shape index (κ2) is 9.26. The van der Waals surface area contributed by atoms with Crippen LogP contribution in [-0.4, -0.2) is 30.2 Å². The van der Waals surface area contributed by atoms with Crippen LogP contribution in [0.4, 0.5) is 5.69 Å². The molecule has 0 bridgehead atoms. The Bertz CT molecular complexity index is 827. The van der Waals surface area contributed by atoms with Gasteiger partial charge in [-0.15, -0.1) is 0 Å². The van der Waals surface area contributed by atoms with Crippen molar-refractivity contribution >= 4 is 17.6 Å². The number of aliphatic carboxylic acids is 1. The van der Waals surface area contributed by atoms with Gasteiger partial charge in [0.25, 0.3) is 0 Å². The molecule has 0 saturated carbocycles. The smallest absolute Gasteiger partial charge is 0.307 e. The average molecular weight is 385 g/mol. The van der Waals surface area contributed by atoms with Gasteiger partial charge in [0.15, 0.2) is 11.5 Å². The molecule has 2 rings (SSSR count).